The van der Waals surface area contributed by atoms with Crippen molar-refractivity contribution < 1.29 is 4.79 Å². The molecule has 1 saturated heterocycles. The highest BCUT2D eigenvalue weighted by Crippen LogP contribution is 2.29. The minimum atomic E-state index is 0.0397. The molecule has 1 aromatic carbocycles. The van der Waals surface area contributed by atoms with E-state index in [0.29, 0.717) is 0 Å². The van der Waals surface area contributed by atoms with Crippen LogP contribution in [-0.2, 0) is 10.2 Å². The zero-order valence-electron chi connectivity index (χ0n) is 12.1. The van der Waals surface area contributed by atoms with Crippen molar-refractivity contribution in [2.24, 2.45) is 5.92 Å². The molecule has 0 atom stereocenters. The van der Waals surface area contributed by atoms with Crippen LogP contribution in [0.25, 0.3) is 0 Å². The Morgan fingerprint density at radius 2 is 1.84 bits per heavy atom. The van der Waals surface area contributed by atoms with E-state index in [1.165, 1.54) is 5.56 Å². The zero-order valence-corrected chi connectivity index (χ0v) is 12.1. The number of nitrogens with one attached hydrogen (secondary N) is 2. The molecule has 3 heteroatoms. The largest absolute Gasteiger partial charge is 0.326 e. The summed E-state index contributed by atoms with van der Waals surface area (Å²) in [5.41, 5.74) is 2.19. The summed E-state index contributed by atoms with van der Waals surface area (Å²) in [4.78, 5) is 12.3. The van der Waals surface area contributed by atoms with Gasteiger partial charge in [0.05, 0.1) is 0 Å². The molecule has 19 heavy (non-hydrogen) atoms. The van der Waals surface area contributed by atoms with Crippen LogP contribution in [0.1, 0.15) is 39.2 Å². The van der Waals surface area contributed by atoms with E-state index in [1.54, 1.807) is 0 Å². The molecule has 0 aliphatic carbocycles. The van der Waals surface area contributed by atoms with Crippen LogP contribution in [0.5, 0.6) is 0 Å². The zero-order chi connectivity index (χ0) is 13.9. The summed E-state index contributed by atoms with van der Waals surface area (Å²) in [5.74, 6) is 0.312. The summed E-state index contributed by atoms with van der Waals surface area (Å²) in [5, 5.41) is 6.41. The van der Waals surface area contributed by atoms with Gasteiger partial charge in [0.25, 0.3) is 0 Å². The number of anilines is 1. The van der Waals surface area contributed by atoms with Crippen LogP contribution in [0, 0.1) is 5.92 Å². The molecule has 1 aliphatic rings. The molecule has 1 amide bonds. The van der Waals surface area contributed by atoms with Gasteiger partial charge in [-0.3, -0.25) is 4.79 Å². The van der Waals surface area contributed by atoms with E-state index in [4.69, 9.17) is 0 Å². The third-order valence-electron chi connectivity index (χ3n) is 3.70. The number of piperidine rings is 1. The molecular formula is C16H24N2O. The molecule has 0 unspecified atom stereocenters. The molecule has 1 aromatic rings. The van der Waals surface area contributed by atoms with Crippen LogP contribution in [0.15, 0.2) is 24.3 Å². The Morgan fingerprint density at radius 1 is 1.21 bits per heavy atom. The second-order valence-electron chi connectivity index (χ2n) is 6.31. The predicted octanol–water partition coefficient (Wildman–Crippen LogP) is 2.92. The fourth-order valence-electron chi connectivity index (χ4n) is 2.57. The number of para-hydroxylation sites is 1. The topological polar surface area (TPSA) is 41.1 Å². The fraction of sp³-hybridized carbons (Fsp3) is 0.562. The van der Waals surface area contributed by atoms with Crippen molar-refractivity contribution in [1.29, 1.82) is 0 Å². The van der Waals surface area contributed by atoms with Crippen LogP contribution in [0.4, 0.5) is 5.69 Å². The minimum Gasteiger partial charge on any atom is -0.326 e. The van der Waals surface area contributed by atoms with Gasteiger partial charge in [-0.1, -0.05) is 39.0 Å². The molecule has 3 nitrogen and oxygen atoms in total. The Balaban J connectivity index is 2.12. The Labute approximate surface area is 115 Å². The molecule has 104 valence electrons. The number of carbonyl (C=O) groups is 1. The van der Waals surface area contributed by atoms with Crippen LogP contribution in [0.2, 0.25) is 0 Å². The normalized spacial score (nSPS) is 17.2. The minimum absolute atomic E-state index is 0.0397. The smallest absolute Gasteiger partial charge is 0.227 e. The number of amides is 1. The highest BCUT2D eigenvalue weighted by Gasteiger charge is 2.23. The monoisotopic (exact) mass is 260 g/mol. The summed E-state index contributed by atoms with van der Waals surface area (Å²) in [6.07, 6.45) is 1.87. The lowest BCUT2D eigenvalue weighted by Crippen LogP contribution is -2.35. The lowest BCUT2D eigenvalue weighted by Gasteiger charge is -2.26. The quantitative estimate of drug-likeness (QED) is 0.858. The second kappa shape index (κ2) is 5.74. The first-order chi connectivity index (χ1) is 8.98. The highest BCUT2D eigenvalue weighted by molar-refractivity contribution is 5.93. The number of rotatable bonds is 2. The van der Waals surface area contributed by atoms with Gasteiger partial charge in [-0.15, -0.1) is 0 Å². The fourth-order valence-corrected chi connectivity index (χ4v) is 2.57. The molecule has 0 spiro atoms. The van der Waals surface area contributed by atoms with Crippen LogP contribution in [0.3, 0.4) is 0 Å². The van der Waals surface area contributed by atoms with Crippen molar-refractivity contribution in [3.8, 4) is 0 Å². The molecular weight excluding hydrogens is 236 g/mol. The van der Waals surface area contributed by atoms with Gasteiger partial charge in [-0.25, -0.2) is 0 Å². The maximum absolute atomic E-state index is 12.3. The van der Waals surface area contributed by atoms with Crippen LogP contribution in [-0.4, -0.2) is 19.0 Å². The number of benzene rings is 1. The van der Waals surface area contributed by atoms with Gasteiger partial charge < -0.3 is 10.6 Å². The van der Waals surface area contributed by atoms with E-state index < -0.39 is 0 Å². The number of hydrogen-bond acceptors (Lipinski definition) is 2. The highest BCUT2D eigenvalue weighted by atomic mass is 16.1. The standard InChI is InChI=1S/C16H24N2O/c1-16(2,3)13-6-4-5-7-14(13)18-15(19)12-8-10-17-11-9-12/h4-7,12,17H,8-11H2,1-3H3,(H,18,19). The maximum Gasteiger partial charge on any atom is 0.227 e. The van der Waals surface area contributed by atoms with Crippen LogP contribution >= 0.6 is 0 Å². The van der Waals surface area contributed by atoms with Gasteiger partial charge >= 0.3 is 0 Å². The van der Waals surface area contributed by atoms with E-state index in [1.807, 2.05) is 18.2 Å². The SMILES string of the molecule is CC(C)(C)c1ccccc1NC(=O)C1CCNCC1. The Hall–Kier alpha value is -1.35. The molecule has 1 aliphatic heterocycles. The molecule has 0 radical (unpaired) electrons. The van der Waals surface area contributed by atoms with Gasteiger partial charge in [-0.2, -0.15) is 0 Å². The molecule has 0 saturated carbocycles. The number of hydrogen-bond donors (Lipinski definition) is 2. The van der Waals surface area contributed by atoms with Crippen molar-refractivity contribution in [3.05, 3.63) is 29.8 Å². The molecule has 1 fully saturated rings. The average Bonchev–Trinajstić information content (AvgIpc) is 2.39. The van der Waals surface area contributed by atoms with E-state index in [0.717, 1.165) is 31.6 Å². The number of carbonyl (C=O) groups excluding carboxylic acids is 1. The van der Waals surface area contributed by atoms with Crippen molar-refractivity contribution in [3.63, 3.8) is 0 Å². The lowest BCUT2D eigenvalue weighted by atomic mass is 9.85. The van der Waals surface area contributed by atoms with Gasteiger partial charge in [0.2, 0.25) is 5.91 Å². The maximum atomic E-state index is 12.3. The lowest BCUT2D eigenvalue weighted by molar-refractivity contribution is -0.120. The van der Waals surface area contributed by atoms with E-state index in [9.17, 15) is 4.79 Å². The van der Waals surface area contributed by atoms with Gasteiger partial charge in [-0.05, 0) is 43.0 Å². The van der Waals surface area contributed by atoms with Crippen molar-refractivity contribution in [2.75, 3.05) is 18.4 Å². The van der Waals surface area contributed by atoms with Gasteiger partial charge in [0.1, 0.15) is 0 Å². The Bertz CT molecular complexity index is 442. The van der Waals surface area contributed by atoms with Crippen molar-refractivity contribution in [1.82, 2.24) is 5.32 Å². The first-order valence-corrected chi connectivity index (χ1v) is 7.09. The molecule has 1 heterocycles. The summed E-state index contributed by atoms with van der Waals surface area (Å²) in [6, 6.07) is 8.10. The average molecular weight is 260 g/mol. The van der Waals surface area contributed by atoms with Crippen LogP contribution < -0.4 is 10.6 Å². The van der Waals surface area contributed by atoms with Crippen molar-refractivity contribution >= 4 is 11.6 Å². The first kappa shape index (κ1) is 14.1. The summed E-state index contributed by atoms with van der Waals surface area (Å²) in [7, 11) is 0. The van der Waals surface area contributed by atoms with E-state index in [-0.39, 0.29) is 17.2 Å². The molecule has 0 aromatic heterocycles. The summed E-state index contributed by atoms with van der Waals surface area (Å²) < 4.78 is 0. The first-order valence-electron chi connectivity index (χ1n) is 7.09. The van der Waals surface area contributed by atoms with E-state index in [2.05, 4.69) is 37.5 Å². The van der Waals surface area contributed by atoms with Gasteiger partial charge in [0, 0.05) is 11.6 Å². The van der Waals surface area contributed by atoms with E-state index >= 15 is 0 Å². The molecule has 0 bridgehead atoms. The van der Waals surface area contributed by atoms with Gasteiger partial charge in [0.15, 0.2) is 0 Å². The third-order valence-corrected chi connectivity index (χ3v) is 3.70. The molecule has 2 rings (SSSR count). The van der Waals surface area contributed by atoms with Crippen molar-refractivity contribution in [2.45, 2.75) is 39.0 Å². The summed E-state index contributed by atoms with van der Waals surface area (Å²) >= 11 is 0. The third kappa shape index (κ3) is 3.57. The second-order valence-corrected chi connectivity index (χ2v) is 6.31. The Morgan fingerprint density at radius 3 is 2.47 bits per heavy atom. The molecule has 2 N–H and O–H groups in total. The predicted molar refractivity (Wildman–Crippen MR) is 79.4 cm³/mol. The Kier molecular flexibility index (Phi) is 4.25. The summed E-state index contributed by atoms with van der Waals surface area (Å²) in [6.45, 7) is 8.39.